The van der Waals surface area contributed by atoms with E-state index in [4.69, 9.17) is 9.47 Å². The fraction of sp³-hybridized carbons (Fsp3) is 0.812. The first-order valence-corrected chi connectivity index (χ1v) is 9.30. The molecule has 1 fully saturated rings. The Kier molecular flexibility index (Phi) is 8.95. The van der Waals surface area contributed by atoms with Gasteiger partial charge in [0.05, 0.1) is 0 Å². The molecule has 24 heavy (non-hydrogen) atoms. The normalized spacial score (nSPS) is 17.3. The molecule has 2 N–H and O–H groups in total. The summed E-state index contributed by atoms with van der Waals surface area (Å²) in [6.45, 7) is 5.15. The van der Waals surface area contributed by atoms with Gasteiger partial charge in [-0.1, -0.05) is 33.6 Å². The van der Waals surface area contributed by atoms with Crippen LogP contribution in [0, 0.1) is 5.92 Å². The molecule has 1 amide bonds. The van der Waals surface area contributed by atoms with Crippen molar-refractivity contribution >= 4 is 29.8 Å². The first kappa shape index (κ1) is 20.6. The van der Waals surface area contributed by atoms with Gasteiger partial charge in [0.2, 0.25) is 0 Å². The summed E-state index contributed by atoms with van der Waals surface area (Å²) in [5, 5.41) is 11.4. The van der Waals surface area contributed by atoms with Crippen molar-refractivity contribution in [1.29, 1.82) is 0 Å². The van der Waals surface area contributed by atoms with Gasteiger partial charge < -0.3 is 19.9 Å². The molecule has 8 heteroatoms. The third-order valence-corrected chi connectivity index (χ3v) is 5.22. The summed E-state index contributed by atoms with van der Waals surface area (Å²) >= 11 is 1.39. The molecule has 0 unspecified atom stereocenters. The van der Waals surface area contributed by atoms with Crippen LogP contribution in [0.2, 0.25) is 0 Å². The molecule has 0 bridgehead atoms. The molecule has 1 aliphatic rings. The average Bonchev–Trinajstić information content (AvgIpc) is 3.03. The van der Waals surface area contributed by atoms with E-state index < -0.39 is 29.6 Å². The maximum absolute atomic E-state index is 11.9. The minimum absolute atomic E-state index is 0.0259. The van der Waals surface area contributed by atoms with Gasteiger partial charge in [0.15, 0.2) is 0 Å². The number of hydrogen-bond acceptors (Lipinski definition) is 6. The zero-order chi connectivity index (χ0) is 18.1. The molecule has 138 valence electrons. The third-order valence-electron chi connectivity index (χ3n) is 3.67. The molecular weight excluding hydrogens is 334 g/mol. The number of esters is 1. The van der Waals surface area contributed by atoms with Crippen LogP contribution in [0.4, 0.5) is 4.79 Å². The zero-order valence-corrected chi connectivity index (χ0v) is 15.3. The molecule has 2 atom stereocenters. The van der Waals surface area contributed by atoms with E-state index in [9.17, 15) is 19.5 Å². The Balaban J connectivity index is 2.45. The summed E-state index contributed by atoms with van der Waals surface area (Å²) in [5.74, 6) is -1.61. The number of carbonyl (C=O) groups excluding carboxylic acids is 2. The number of carbonyl (C=O) groups is 3. The molecule has 0 radical (unpaired) electrons. The molecule has 0 aliphatic heterocycles. The molecule has 1 aliphatic carbocycles. The van der Waals surface area contributed by atoms with E-state index in [2.05, 4.69) is 5.32 Å². The first-order valence-electron chi connectivity index (χ1n) is 8.35. The minimum atomic E-state index is -0.983. The van der Waals surface area contributed by atoms with E-state index in [0.717, 1.165) is 25.7 Å². The van der Waals surface area contributed by atoms with Crippen molar-refractivity contribution < 1.29 is 29.0 Å². The number of nitrogens with one attached hydrogen (secondary N) is 1. The van der Waals surface area contributed by atoms with Crippen molar-refractivity contribution in [1.82, 2.24) is 5.32 Å². The van der Waals surface area contributed by atoms with Crippen molar-refractivity contribution in [3.63, 3.8) is 0 Å². The van der Waals surface area contributed by atoms with Gasteiger partial charge in [0, 0.05) is 24.1 Å². The zero-order valence-electron chi connectivity index (χ0n) is 14.4. The van der Waals surface area contributed by atoms with E-state index >= 15 is 0 Å². The van der Waals surface area contributed by atoms with Crippen molar-refractivity contribution in [2.24, 2.45) is 5.92 Å². The number of thioether (sulfide) groups is 1. The molecule has 7 nitrogen and oxygen atoms in total. The molecule has 0 heterocycles. The average molecular weight is 361 g/mol. The Hall–Kier alpha value is -1.44. The van der Waals surface area contributed by atoms with Crippen LogP contribution in [0.1, 0.15) is 52.9 Å². The minimum Gasteiger partial charge on any atom is -0.480 e. The maximum Gasteiger partial charge on any atom is 0.410 e. The Morgan fingerprint density at radius 2 is 1.83 bits per heavy atom. The summed E-state index contributed by atoms with van der Waals surface area (Å²) in [6.07, 6.45) is 2.70. The van der Waals surface area contributed by atoms with Gasteiger partial charge in [-0.05, 0) is 12.8 Å². The molecule has 1 rings (SSSR count). The van der Waals surface area contributed by atoms with Crippen LogP contribution >= 0.6 is 11.8 Å². The van der Waals surface area contributed by atoms with E-state index in [1.54, 1.807) is 20.8 Å². The van der Waals surface area contributed by atoms with Crippen molar-refractivity contribution in [2.75, 3.05) is 6.54 Å². The van der Waals surface area contributed by atoms with Gasteiger partial charge in [-0.25, -0.2) is 4.79 Å². The van der Waals surface area contributed by atoms with E-state index in [0.29, 0.717) is 5.25 Å². The Bertz CT molecular complexity index is 436. The predicted molar refractivity (Wildman–Crippen MR) is 90.8 cm³/mol. The lowest BCUT2D eigenvalue weighted by Crippen LogP contribution is -2.39. The highest BCUT2D eigenvalue weighted by Gasteiger charge is 2.27. The highest BCUT2D eigenvalue weighted by molar-refractivity contribution is 8.01. The maximum atomic E-state index is 11.9. The molecule has 0 aromatic rings. The lowest BCUT2D eigenvalue weighted by molar-refractivity contribution is -0.174. The number of alkyl carbamates (subject to hydrolysis) is 1. The van der Waals surface area contributed by atoms with Gasteiger partial charge in [0.1, 0.15) is 5.25 Å². The molecule has 0 saturated heterocycles. The van der Waals surface area contributed by atoms with E-state index in [1.165, 1.54) is 11.8 Å². The first-order chi connectivity index (χ1) is 11.3. The van der Waals surface area contributed by atoms with Crippen LogP contribution in [-0.4, -0.2) is 46.5 Å². The van der Waals surface area contributed by atoms with Crippen LogP contribution in [0.3, 0.4) is 0 Å². The van der Waals surface area contributed by atoms with Crippen LogP contribution in [-0.2, 0) is 19.1 Å². The monoisotopic (exact) mass is 361 g/mol. The van der Waals surface area contributed by atoms with Crippen LogP contribution in [0.15, 0.2) is 0 Å². The molecule has 1 saturated carbocycles. The van der Waals surface area contributed by atoms with Crippen molar-refractivity contribution in [3.05, 3.63) is 0 Å². The highest BCUT2D eigenvalue weighted by atomic mass is 32.2. The van der Waals surface area contributed by atoms with Gasteiger partial charge in [-0.15, -0.1) is 11.8 Å². The second kappa shape index (κ2) is 10.4. The lowest BCUT2D eigenvalue weighted by Gasteiger charge is -2.22. The number of carboxylic acid groups (broad SMARTS) is 1. The van der Waals surface area contributed by atoms with Crippen molar-refractivity contribution in [3.8, 4) is 0 Å². The number of ether oxygens (including phenoxy) is 2. The fourth-order valence-electron chi connectivity index (χ4n) is 2.28. The van der Waals surface area contributed by atoms with E-state index in [-0.39, 0.29) is 18.9 Å². The smallest absolute Gasteiger partial charge is 0.410 e. The second-order valence-electron chi connectivity index (χ2n) is 6.11. The third kappa shape index (κ3) is 7.42. The summed E-state index contributed by atoms with van der Waals surface area (Å²) in [6, 6.07) is 0. The standard InChI is InChI=1S/C16H27NO6S/c1-4-13(18)22-15(10(2)3)23-16(21)17-9-12(14(19)20)24-11-7-5-6-8-11/h10-12,15H,4-9H2,1-3H3,(H,17,21)(H,19,20)/t12-,15-/m0/s1. The van der Waals surface area contributed by atoms with Gasteiger partial charge in [-0.2, -0.15) is 0 Å². The molecular formula is C16H27NO6S. The number of carboxylic acids is 1. The summed E-state index contributed by atoms with van der Waals surface area (Å²) in [7, 11) is 0. The molecule has 0 spiro atoms. The SMILES string of the molecule is CCC(=O)O[C@@H](OC(=O)NC[C@H](SC1CCCC1)C(=O)O)C(C)C. The predicted octanol–water partition coefficient (Wildman–Crippen LogP) is 2.78. The van der Waals surface area contributed by atoms with Gasteiger partial charge >= 0.3 is 18.0 Å². The lowest BCUT2D eigenvalue weighted by atomic mass is 10.2. The Morgan fingerprint density at radius 3 is 2.33 bits per heavy atom. The van der Waals surface area contributed by atoms with Gasteiger partial charge in [0.25, 0.3) is 6.29 Å². The number of amides is 1. The fourth-order valence-corrected chi connectivity index (χ4v) is 3.65. The topological polar surface area (TPSA) is 102 Å². The van der Waals surface area contributed by atoms with Crippen LogP contribution in [0.5, 0.6) is 0 Å². The largest absolute Gasteiger partial charge is 0.480 e. The molecule has 0 aromatic carbocycles. The number of aliphatic carboxylic acids is 1. The van der Waals surface area contributed by atoms with Crippen LogP contribution in [0.25, 0.3) is 0 Å². The Morgan fingerprint density at radius 1 is 1.21 bits per heavy atom. The number of hydrogen-bond donors (Lipinski definition) is 2. The quantitative estimate of drug-likeness (QED) is 0.481. The summed E-state index contributed by atoms with van der Waals surface area (Å²) in [4.78, 5) is 34.5. The highest BCUT2D eigenvalue weighted by Crippen LogP contribution is 2.32. The van der Waals surface area contributed by atoms with Gasteiger partial charge in [-0.3, -0.25) is 9.59 Å². The summed E-state index contributed by atoms with van der Waals surface area (Å²) in [5.41, 5.74) is 0. The number of rotatable bonds is 9. The van der Waals surface area contributed by atoms with Crippen LogP contribution < -0.4 is 5.32 Å². The van der Waals surface area contributed by atoms with E-state index in [1.807, 2.05) is 0 Å². The molecule has 0 aromatic heterocycles. The summed E-state index contributed by atoms with van der Waals surface area (Å²) < 4.78 is 10.1. The Labute approximate surface area is 146 Å². The second-order valence-corrected chi connectivity index (χ2v) is 7.62. The van der Waals surface area contributed by atoms with Crippen molar-refractivity contribution in [2.45, 2.75) is 69.7 Å².